The molecule has 3 rings (SSSR count). The van der Waals surface area contributed by atoms with E-state index in [2.05, 4.69) is 10.6 Å². The summed E-state index contributed by atoms with van der Waals surface area (Å²) in [7, 11) is -3.66. The second kappa shape index (κ2) is 10.8. The number of benzene rings is 2. The van der Waals surface area contributed by atoms with E-state index in [0.717, 1.165) is 19.3 Å². The Morgan fingerprint density at radius 1 is 1.00 bits per heavy atom. The van der Waals surface area contributed by atoms with Crippen molar-refractivity contribution in [3.05, 3.63) is 53.6 Å². The van der Waals surface area contributed by atoms with Crippen molar-refractivity contribution < 1.29 is 22.7 Å². The molecule has 0 saturated carbocycles. The molecule has 0 unspecified atom stereocenters. The standard InChI is InChI=1S/C24H31N3O5S/c1-17(2)16-32-24(29)26-21-9-7-8-20(15-21)25-23(28)19-11-10-18(3)22(14-19)33(30,31)27-12-5-4-6-13-27/h7-11,14-15,17H,4-6,12-13,16H2,1-3H3,(H,25,28)(H,26,29). The molecular weight excluding hydrogens is 442 g/mol. The van der Waals surface area contributed by atoms with E-state index in [-0.39, 0.29) is 16.4 Å². The number of aryl methyl sites for hydroxylation is 1. The minimum Gasteiger partial charge on any atom is -0.449 e. The van der Waals surface area contributed by atoms with E-state index >= 15 is 0 Å². The Kier molecular flexibility index (Phi) is 8.10. The number of anilines is 2. The van der Waals surface area contributed by atoms with Crippen LogP contribution in [0.25, 0.3) is 0 Å². The van der Waals surface area contributed by atoms with E-state index in [1.54, 1.807) is 43.3 Å². The first-order valence-electron chi connectivity index (χ1n) is 11.1. The molecule has 1 aliphatic heterocycles. The van der Waals surface area contributed by atoms with E-state index in [0.29, 0.717) is 36.6 Å². The van der Waals surface area contributed by atoms with Crippen LogP contribution in [0.15, 0.2) is 47.4 Å². The molecule has 0 atom stereocenters. The smallest absolute Gasteiger partial charge is 0.411 e. The fourth-order valence-corrected chi connectivity index (χ4v) is 5.31. The fourth-order valence-electron chi connectivity index (χ4n) is 3.54. The normalized spacial score (nSPS) is 14.7. The van der Waals surface area contributed by atoms with Crippen molar-refractivity contribution in [3.63, 3.8) is 0 Å². The summed E-state index contributed by atoms with van der Waals surface area (Å²) in [6, 6.07) is 11.3. The summed E-state index contributed by atoms with van der Waals surface area (Å²) in [5, 5.41) is 5.39. The largest absolute Gasteiger partial charge is 0.449 e. The van der Waals surface area contributed by atoms with E-state index < -0.39 is 22.0 Å². The topological polar surface area (TPSA) is 105 Å². The van der Waals surface area contributed by atoms with E-state index in [4.69, 9.17) is 4.74 Å². The number of ether oxygens (including phenoxy) is 1. The summed E-state index contributed by atoms with van der Waals surface area (Å²) in [5.41, 5.74) is 1.77. The summed E-state index contributed by atoms with van der Waals surface area (Å²) in [4.78, 5) is 24.9. The van der Waals surface area contributed by atoms with Gasteiger partial charge in [-0.25, -0.2) is 13.2 Å². The third-order valence-corrected chi connectivity index (χ3v) is 7.34. The molecule has 8 nitrogen and oxygen atoms in total. The van der Waals surface area contributed by atoms with Crippen molar-refractivity contribution in [2.75, 3.05) is 30.3 Å². The second-order valence-corrected chi connectivity index (χ2v) is 10.5. The highest BCUT2D eigenvalue weighted by Crippen LogP contribution is 2.25. The molecule has 2 aromatic rings. The van der Waals surface area contributed by atoms with Gasteiger partial charge in [0.2, 0.25) is 10.0 Å². The van der Waals surface area contributed by atoms with Crippen LogP contribution in [0.1, 0.15) is 49.0 Å². The predicted molar refractivity (Wildman–Crippen MR) is 128 cm³/mol. The van der Waals surface area contributed by atoms with Crippen LogP contribution in [0.2, 0.25) is 0 Å². The summed E-state index contributed by atoms with van der Waals surface area (Å²) in [6.45, 7) is 6.91. The van der Waals surface area contributed by atoms with Gasteiger partial charge in [0.25, 0.3) is 5.91 Å². The van der Waals surface area contributed by atoms with Crippen LogP contribution in [-0.2, 0) is 14.8 Å². The zero-order valence-electron chi connectivity index (χ0n) is 19.3. The Labute approximate surface area is 195 Å². The molecule has 178 valence electrons. The molecule has 0 radical (unpaired) electrons. The average molecular weight is 474 g/mol. The van der Waals surface area contributed by atoms with Crippen LogP contribution in [0.4, 0.5) is 16.2 Å². The maximum atomic E-state index is 13.1. The number of nitrogens with one attached hydrogen (secondary N) is 2. The highest BCUT2D eigenvalue weighted by atomic mass is 32.2. The molecule has 0 aliphatic carbocycles. The minimum atomic E-state index is -3.66. The molecule has 2 amide bonds. The van der Waals surface area contributed by atoms with Gasteiger partial charge in [-0.3, -0.25) is 10.1 Å². The molecular formula is C24H31N3O5S. The number of sulfonamides is 1. The third-order valence-electron chi connectivity index (χ3n) is 5.30. The first-order chi connectivity index (χ1) is 15.7. The van der Waals surface area contributed by atoms with Gasteiger partial charge in [0, 0.05) is 30.0 Å². The fraction of sp³-hybridized carbons (Fsp3) is 0.417. The molecule has 9 heteroatoms. The monoisotopic (exact) mass is 473 g/mol. The minimum absolute atomic E-state index is 0.153. The molecule has 2 N–H and O–H groups in total. The average Bonchev–Trinajstić information content (AvgIpc) is 2.78. The highest BCUT2D eigenvalue weighted by Gasteiger charge is 2.28. The molecule has 0 bridgehead atoms. The lowest BCUT2D eigenvalue weighted by Gasteiger charge is -2.26. The number of hydrogen-bond donors (Lipinski definition) is 2. The van der Waals surface area contributed by atoms with Crippen LogP contribution in [0.5, 0.6) is 0 Å². The number of piperidine rings is 1. The van der Waals surface area contributed by atoms with Gasteiger partial charge >= 0.3 is 6.09 Å². The Morgan fingerprint density at radius 2 is 1.67 bits per heavy atom. The van der Waals surface area contributed by atoms with Crippen LogP contribution in [0, 0.1) is 12.8 Å². The maximum Gasteiger partial charge on any atom is 0.411 e. The van der Waals surface area contributed by atoms with Gasteiger partial charge in [0.15, 0.2) is 0 Å². The van der Waals surface area contributed by atoms with E-state index in [9.17, 15) is 18.0 Å². The first kappa shape index (κ1) is 24.7. The quantitative estimate of drug-likeness (QED) is 0.610. The van der Waals surface area contributed by atoms with Crippen LogP contribution >= 0.6 is 0 Å². The Bertz CT molecular complexity index is 1110. The van der Waals surface area contributed by atoms with Gasteiger partial charge < -0.3 is 10.1 Å². The number of amides is 2. The molecule has 1 fully saturated rings. The van der Waals surface area contributed by atoms with Crippen LogP contribution < -0.4 is 10.6 Å². The Balaban J connectivity index is 1.73. The van der Waals surface area contributed by atoms with E-state index in [1.165, 1.54) is 10.4 Å². The Morgan fingerprint density at radius 3 is 2.33 bits per heavy atom. The summed E-state index contributed by atoms with van der Waals surface area (Å²) in [6.07, 6.45) is 2.14. The lowest BCUT2D eigenvalue weighted by molar-refractivity contribution is 0.102. The Hall–Kier alpha value is -2.91. The number of carbonyl (C=O) groups excluding carboxylic acids is 2. The number of hydrogen-bond acceptors (Lipinski definition) is 5. The van der Waals surface area contributed by atoms with Crippen LogP contribution in [-0.4, -0.2) is 44.4 Å². The van der Waals surface area contributed by atoms with Crippen molar-refractivity contribution in [2.45, 2.75) is 44.9 Å². The molecule has 1 saturated heterocycles. The number of nitrogens with zero attached hydrogens (tertiary/aromatic N) is 1. The van der Waals surface area contributed by atoms with Gasteiger partial charge in [-0.1, -0.05) is 32.4 Å². The van der Waals surface area contributed by atoms with Gasteiger partial charge in [-0.15, -0.1) is 0 Å². The van der Waals surface area contributed by atoms with Crippen molar-refractivity contribution in [1.82, 2.24) is 4.31 Å². The third kappa shape index (κ3) is 6.55. The molecule has 2 aromatic carbocycles. The second-order valence-electron chi connectivity index (χ2n) is 8.60. The van der Waals surface area contributed by atoms with Crippen molar-refractivity contribution in [3.8, 4) is 0 Å². The molecule has 0 aromatic heterocycles. The van der Waals surface area contributed by atoms with Gasteiger partial charge in [0.05, 0.1) is 11.5 Å². The van der Waals surface area contributed by atoms with Crippen LogP contribution in [0.3, 0.4) is 0 Å². The molecule has 1 aliphatic rings. The SMILES string of the molecule is Cc1ccc(C(=O)Nc2cccc(NC(=O)OCC(C)C)c2)cc1S(=O)(=O)N1CCCCC1. The zero-order valence-corrected chi connectivity index (χ0v) is 20.1. The van der Waals surface area contributed by atoms with Crippen molar-refractivity contribution in [1.29, 1.82) is 0 Å². The lowest BCUT2D eigenvalue weighted by Crippen LogP contribution is -2.36. The number of carbonyl (C=O) groups is 2. The van der Waals surface area contributed by atoms with Gasteiger partial charge in [-0.05, 0) is 61.6 Å². The number of rotatable bonds is 7. The van der Waals surface area contributed by atoms with Crippen molar-refractivity contribution >= 4 is 33.4 Å². The van der Waals surface area contributed by atoms with E-state index in [1.807, 2.05) is 13.8 Å². The summed E-state index contributed by atoms with van der Waals surface area (Å²) >= 11 is 0. The summed E-state index contributed by atoms with van der Waals surface area (Å²) in [5.74, 6) is -0.218. The predicted octanol–water partition coefficient (Wildman–Crippen LogP) is 4.63. The van der Waals surface area contributed by atoms with Gasteiger partial charge in [0.1, 0.15) is 0 Å². The summed E-state index contributed by atoms with van der Waals surface area (Å²) < 4.78 is 32.9. The van der Waals surface area contributed by atoms with Gasteiger partial charge in [-0.2, -0.15) is 4.31 Å². The maximum absolute atomic E-state index is 13.1. The first-order valence-corrected chi connectivity index (χ1v) is 12.6. The molecule has 0 spiro atoms. The molecule has 33 heavy (non-hydrogen) atoms. The lowest BCUT2D eigenvalue weighted by atomic mass is 10.1. The van der Waals surface area contributed by atoms with Crippen molar-refractivity contribution in [2.24, 2.45) is 5.92 Å². The highest BCUT2D eigenvalue weighted by molar-refractivity contribution is 7.89. The molecule has 1 heterocycles. The zero-order chi connectivity index (χ0) is 24.0.